The minimum Gasteiger partial charge on any atom is -0.492 e. The molecule has 34 heavy (non-hydrogen) atoms. The molecule has 0 bridgehead atoms. The number of carbonyl (C=O) groups excluding carboxylic acids is 1. The molecule has 0 atom stereocenters. The fourth-order valence-corrected chi connectivity index (χ4v) is 4.19. The Kier molecular flexibility index (Phi) is 7.44. The fourth-order valence-electron chi connectivity index (χ4n) is 4.19. The number of amides is 1. The zero-order valence-corrected chi connectivity index (χ0v) is 20.8. The van der Waals surface area contributed by atoms with Gasteiger partial charge in [0.25, 0.3) is 0 Å². The normalized spacial score (nSPS) is 13.7. The van der Waals surface area contributed by atoms with E-state index >= 15 is 0 Å². The number of aromatic nitrogens is 1. The van der Waals surface area contributed by atoms with Gasteiger partial charge in [-0.2, -0.15) is 0 Å². The van der Waals surface area contributed by atoms with Gasteiger partial charge in [-0.15, -0.1) is 0 Å². The maximum absolute atomic E-state index is 12.1. The van der Waals surface area contributed by atoms with Crippen molar-refractivity contribution in [2.24, 2.45) is 5.92 Å². The Labute approximate surface area is 202 Å². The number of fused-ring (bicyclic) bond motifs is 1. The zero-order chi connectivity index (χ0) is 24.2. The first-order valence-corrected chi connectivity index (χ1v) is 12.2. The van der Waals surface area contributed by atoms with E-state index in [0.29, 0.717) is 6.61 Å². The van der Waals surface area contributed by atoms with Crippen molar-refractivity contribution >= 4 is 28.2 Å². The van der Waals surface area contributed by atoms with Crippen molar-refractivity contribution in [3.63, 3.8) is 0 Å². The van der Waals surface area contributed by atoms with E-state index in [-0.39, 0.29) is 11.8 Å². The van der Waals surface area contributed by atoms with Crippen molar-refractivity contribution in [3.8, 4) is 17.0 Å². The maximum Gasteiger partial charge on any atom is 0.227 e. The van der Waals surface area contributed by atoms with E-state index in [9.17, 15) is 4.79 Å². The summed E-state index contributed by atoms with van der Waals surface area (Å²) < 4.78 is 8.31. The van der Waals surface area contributed by atoms with Crippen LogP contribution in [-0.2, 0) is 11.3 Å². The number of nitrogens with zero attached hydrogens (tertiary/aromatic N) is 3. The number of rotatable bonds is 11. The van der Waals surface area contributed by atoms with E-state index in [0.717, 1.165) is 78.3 Å². The van der Waals surface area contributed by atoms with E-state index in [2.05, 4.69) is 59.9 Å². The van der Waals surface area contributed by atoms with Crippen molar-refractivity contribution in [1.29, 1.82) is 0 Å². The van der Waals surface area contributed by atoms with Gasteiger partial charge in [-0.25, -0.2) is 0 Å². The number of hydrogen-bond donors (Lipinski definition) is 2. The Bertz CT molecular complexity index is 1130. The van der Waals surface area contributed by atoms with Gasteiger partial charge in [0.2, 0.25) is 5.91 Å². The molecule has 3 N–H and O–H groups in total. The highest BCUT2D eigenvalue weighted by Crippen LogP contribution is 2.38. The quantitative estimate of drug-likeness (QED) is 0.447. The third kappa shape index (κ3) is 5.54. The number of nitrogens with two attached hydrogens (primary N) is 1. The van der Waals surface area contributed by atoms with Crippen LogP contribution in [0, 0.1) is 5.92 Å². The molecule has 7 nitrogen and oxygen atoms in total. The number of hydrogen-bond acceptors (Lipinski definition) is 5. The van der Waals surface area contributed by atoms with Gasteiger partial charge in [0.15, 0.2) is 0 Å². The molecule has 1 saturated carbocycles. The summed E-state index contributed by atoms with van der Waals surface area (Å²) in [5.74, 6) is 1.16. The second-order valence-electron chi connectivity index (χ2n) is 9.48. The van der Waals surface area contributed by atoms with Crippen LogP contribution in [0.3, 0.4) is 0 Å². The number of anilines is 2. The van der Waals surface area contributed by atoms with Gasteiger partial charge >= 0.3 is 0 Å². The van der Waals surface area contributed by atoms with Crippen molar-refractivity contribution in [1.82, 2.24) is 14.4 Å². The first-order valence-electron chi connectivity index (χ1n) is 12.2. The molecule has 1 fully saturated rings. The first-order chi connectivity index (χ1) is 16.4. The Morgan fingerprint density at radius 3 is 2.47 bits per heavy atom. The van der Waals surface area contributed by atoms with Crippen LogP contribution in [0.4, 0.5) is 11.4 Å². The molecular formula is C27H37N5O2. The number of aryl methyl sites for hydroxylation is 1. The highest BCUT2D eigenvalue weighted by molar-refractivity contribution is 6.01. The molecule has 2 aromatic carbocycles. The molecule has 7 heteroatoms. The summed E-state index contributed by atoms with van der Waals surface area (Å²) in [6.07, 6.45) is 1.99. The highest BCUT2D eigenvalue weighted by atomic mass is 16.5. The minimum atomic E-state index is 0.117. The van der Waals surface area contributed by atoms with Crippen LogP contribution in [0.5, 0.6) is 5.75 Å². The molecule has 1 amide bonds. The third-order valence-electron chi connectivity index (χ3n) is 6.44. The molecule has 0 radical (unpaired) electrons. The van der Waals surface area contributed by atoms with Crippen molar-refractivity contribution in [3.05, 3.63) is 42.5 Å². The molecule has 1 heterocycles. The molecule has 182 valence electrons. The summed E-state index contributed by atoms with van der Waals surface area (Å²) in [7, 11) is 6.29. The molecule has 1 aliphatic carbocycles. The number of ether oxygens (including phenoxy) is 1. The molecule has 0 aliphatic heterocycles. The van der Waals surface area contributed by atoms with Crippen LogP contribution in [0.25, 0.3) is 22.2 Å². The average molecular weight is 464 g/mol. The third-order valence-corrected chi connectivity index (χ3v) is 6.44. The SMILES string of the molecule is CCn1c(-c2ccc(NC(=O)C3CC3)cc2)c(N)c2ccc(OCCN(C)CCN(C)C)cc21. The fraction of sp³-hybridized carbons (Fsp3) is 0.444. The molecule has 4 rings (SSSR count). The maximum atomic E-state index is 12.1. The Morgan fingerprint density at radius 2 is 1.82 bits per heavy atom. The van der Waals surface area contributed by atoms with E-state index in [1.54, 1.807) is 0 Å². The molecule has 0 saturated heterocycles. The molecule has 3 aromatic rings. The lowest BCUT2D eigenvalue weighted by molar-refractivity contribution is -0.117. The van der Waals surface area contributed by atoms with Gasteiger partial charge < -0.3 is 30.2 Å². The lowest BCUT2D eigenvalue weighted by Gasteiger charge is -2.19. The summed E-state index contributed by atoms with van der Waals surface area (Å²) in [5.41, 5.74) is 11.3. The second kappa shape index (κ2) is 10.5. The van der Waals surface area contributed by atoms with Gasteiger partial charge in [-0.1, -0.05) is 12.1 Å². The first kappa shape index (κ1) is 24.1. The molecular weight excluding hydrogens is 426 g/mol. The van der Waals surface area contributed by atoms with Crippen molar-refractivity contribution < 1.29 is 9.53 Å². The monoisotopic (exact) mass is 463 g/mol. The molecule has 0 spiro atoms. The van der Waals surface area contributed by atoms with E-state index in [4.69, 9.17) is 10.5 Å². The largest absolute Gasteiger partial charge is 0.492 e. The second-order valence-corrected chi connectivity index (χ2v) is 9.48. The summed E-state index contributed by atoms with van der Waals surface area (Å²) in [6, 6.07) is 14.1. The lowest BCUT2D eigenvalue weighted by Crippen LogP contribution is -2.31. The van der Waals surface area contributed by atoms with E-state index in [1.165, 1.54) is 0 Å². The summed E-state index contributed by atoms with van der Waals surface area (Å²) in [4.78, 5) is 16.5. The van der Waals surface area contributed by atoms with E-state index < -0.39 is 0 Å². The van der Waals surface area contributed by atoms with Crippen LogP contribution >= 0.6 is 0 Å². The smallest absolute Gasteiger partial charge is 0.227 e. The predicted octanol–water partition coefficient (Wildman–Crippen LogP) is 4.13. The molecule has 0 unspecified atom stereocenters. The van der Waals surface area contributed by atoms with Crippen LogP contribution in [0.2, 0.25) is 0 Å². The number of nitrogens with one attached hydrogen (secondary N) is 1. The zero-order valence-electron chi connectivity index (χ0n) is 20.8. The van der Waals surface area contributed by atoms with Gasteiger partial charge in [-0.3, -0.25) is 4.79 Å². The van der Waals surface area contributed by atoms with Gasteiger partial charge in [0.1, 0.15) is 12.4 Å². The highest BCUT2D eigenvalue weighted by Gasteiger charge is 2.29. The van der Waals surface area contributed by atoms with Crippen molar-refractivity contribution in [2.45, 2.75) is 26.3 Å². The predicted molar refractivity (Wildman–Crippen MR) is 140 cm³/mol. The van der Waals surface area contributed by atoms with Crippen molar-refractivity contribution in [2.75, 3.05) is 58.4 Å². The average Bonchev–Trinajstić information content (AvgIpc) is 3.63. The molecule has 1 aliphatic rings. The number of nitrogen functional groups attached to an aromatic ring is 1. The Morgan fingerprint density at radius 1 is 1.09 bits per heavy atom. The number of carbonyl (C=O) groups is 1. The van der Waals surface area contributed by atoms with Crippen LogP contribution in [0.1, 0.15) is 19.8 Å². The van der Waals surface area contributed by atoms with Crippen LogP contribution in [0.15, 0.2) is 42.5 Å². The Balaban J connectivity index is 1.49. The van der Waals surface area contributed by atoms with Gasteiger partial charge in [-0.05, 0) is 65.2 Å². The number of likely N-dealkylation sites (N-methyl/N-ethyl adjacent to an activating group) is 2. The van der Waals surface area contributed by atoms with Crippen LogP contribution < -0.4 is 15.8 Å². The lowest BCUT2D eigenvalue weighted by atomic mass is 10.1. The van der Waals surface area contributed by atoms with Crippen LogP contribution in [-0.4, -0.2) is 67.7 Å². The summed E-state index contributed by atoms with van der Waals surface area (Å²) in [5, 5.41) is 4.03. The molecule has 1 aromatic heterocycles. The Hall–Kier alpha value is -3.03. The van der Waals surface area contributed by atoms with Gasteiger partial charge in [0, 0.05) is 54.8 Å². The number of benzene rings is 2. The van der Waals surface area contributed by atoms with Gasteiger partial charge in [0.05, 0.1) is 16.9 Å². The topological polar surface area (TPSA) is 75.8 Å². The van der Waals surface area contributed by atoms with E-state index in [1.807, 2.05) is 30.3 Å². The summed E-state index contributed by atoms with van der Waals surface area (Å²) >= 11 is 0. The minimum absolute atomic E-state index is 0.117. The summed E-state index contributed by atoms with van der Waals surface area (Å²) in [6.45, 7) is 6.47. The standard InChI is InChI=1S/C27H37N5O2/c1-5-32-24-18-22(34-17-16-31(4)15-14-30(2)3)12-13-23(24)25(28)26(32)19-8-10-21(11-9-19)29-27(33)20-6-7-20/h8-13,18,20H,5-7,14-17,28H2,1-4H3,(H,29,33).